The topological polar surface area (TPSA) is 58.4 Å². The minimum atomic E-state index is -3.50. The maximum Gasteiger partial charge on any atom is 0.262 e. The quantitative estimate of drug-likeness (QED) is 0.706. The smallest absolute Gasteiger partial charge is 0.262 e. The number of fused-ring (bicyclic) bond motifs is 1. The lowest BCUT2D eigenvalue weighted by Gasteiger charge is -2.33. The Bertz CT molecular complexity index is 1020. The SMILES string of the molecule is Cn1cnc(S(=O)(=O)N2CCN(Cc3cccc4ccccc34)CC2)c1. The van der Waals surface area contributed by atoms with E-state index in [9.17, 15) is 8.42 Å². The molecule has 0 aliphatic carbocycles. The van der Waals surface area contributed by atoms with Crippen molar-refractivity contribution in [3.63, 3.8) is 0 Å². The average molecular weight is 370 g/mol. The Hall–Kier alpha value is -2.22. The molecule has 2 heterocycles. The van der Waals surface area contributed by atoms with Gasteiger partial charge in [-0.3, -0.25) is 4.90 Å². The molecule has 1 aromatic heterocycles. The fraction of sp³-hybridized carbons (Fsp3) is 0.316. The van der Waals surface area contributed by atoms with Gasteiger partial charge in [-0.15, -0.1) is 0 Å². The van der Waals surface area contributed by atoms with E-state index in [0.29, 0.717) is 13.1 Å². The van der Waals surface area contributed by atoms with Crippen LogP contribution in [-0.2, 0) is 23.6 Å². The highest BCUT2D eigenvalue weighted by atomic mass is 32.2. The van der Waals surface area contributed by atoms with Gasteiger partial charge in [0.25, 0.3) is 10.0 Å². The second kappa shape index (κ2) is 6.83. The number of hydrogen-bond acceptors (Lipinski definition) is 4. The highest BCUT2D eigenvalue weighted by molar-refractivity contribution is 7.89. The summed E-state index contributed by atoms with van der Waals surface area (Å²) >= 11 is 0. The maximum atomic E-state index is 12.7. The van der Waals surface area contributed by atoms with Crippen LogP contribution in [0.25, 0.3) is 10.8 Å². The maximum absolute atomic E-state index is 12.7. The summed E-state index contributed by atoms with van der Waals surface area (Å²) in [5.41, 5.74) is 1.28. The number of benzene rings is 2. The monoisotopic (exact) mass is 370 g/mol. The van der Waals surface area contributed by atoms with Crippen molar-refractivity contribution in [2.24, 2.45) is 7.05 Å². The fourth-order valence-corrected chi connectivity index (χ4v) is 4.84. The zero-order chi connectivity index (χ0) is 18.1. The molecule has 136 valence electrons. The number of aryl methyl sites for hydroxylation is 1. The molecule has 1 aliphatic heterocycles. The van der Waals surface area contributed by atoms with Crippen LogP contribution in [0.4, 0.5) is 0 Å². The Morgan fingerprint density at radius 1 is 1.00 bits per heavy atom. The van der Waals surface area contributed by atoms with Crippen molar-refractivity contribution in [2.45, 2.75) is 11.6 Å². The zero-order valence-electron chi connectivity index (χ0n) is 14.7. The van der Waals surface area contributed by atoms with Crippen LogP contribution in [0.1, 0.15) is 5.56 Å². The summed E-state index contributed by atoms with van der Waals surface area (Å²) in [6.07, 6.45) is 3.07. The van der Waals surface area contributed by atoms with Gasteiger partial charge in [0.05, 0.1) is 6.33 Å². The number of piperazine rings is 1. The van der Waals surface area contributed by atoms with Crippen molar-refractivity contribution in [3.05, 3.63) is 60.6 Å². The molecule has 1 saturated heterocycles. The first kappa shape index (κ1) is 17.2. The Balaban J connectivity index is 1.45. The summed E-state index contributed by atoms with van der Waals surface area (Å²) < 4.78 is 28.5. The fourth-order valence-electron chi connectivity index (χ4n) is 3.45. The Labute approximate surface area is 153 Å². The van der Waals surface area contributed by atoms with Gasteiger partial charge in [0.15, 0.2) is 5.03 Å². The van der Waals surface area contributed by atoms with E-state index in [1.165, 1.54) is 27.0 Å². The van der Waals surface area contributed by atoms with E-state index in [4.69, 9.17) is 0 Å². The van der Waals surface area contributed by atoms with Gasteiger partial charge in [-0.2, -0.15) is 4.31 Å². The molecule has 0 unspecified atom stereocenters. The summed E-state index contributed by atoms with van der Waals surface area (Å²) in [5.74, 6) is 0. The van der Waals surface area contributed by atoms with E-state index >= 15 is 0 Å². The van der Waals surface area contributed by atoms with Crippen molar-refractivity contribution in [2.75, 3.05) is 26.2 Å². The number of hydrogen-bond donors (Lipinski definition) is 0. The summed E-state index contributed by atoms with van der Waals surface area (Å²) in [4.78, 5) is 6.32. The third-order valence-corrected chi connectivity index (χ3v) is 6.67. The minimum absolute atomic E-state index is 0.127. The van der Waals surface area contributed by atoms with Gasteiger partial charge in [-0.05, 0) is 16.3 Å². The molecule has 4 rings (SSSR count). The third-order valence-electron chi connectivity index (χ3n) is 4.89. The summed E-state index contributed by atoms with van der Waals surface area (Å²) in [5, 5.41) is 2.63. The molecule has 0 radical (unpaired) electrons. The molecule has 7 heteroatoms. The number of aromatic nitrogens is 2. The van der Waals surface area contributed by atoms with Crippen LogP contribution in [0.3, 0.4) is 0 Å². The number of sulfonamides is 1. The van der Waals surface area contributed by atoms with Gasteiger partial charge in [-0.1, -0.05) is 42.5 Å². The average Bonchev–Trinajstić information content (AvgIpc) is 3.10. The largest absolute Gasteiger partial charge is 0.339 e. The standard InChI is InChI=1S/C19H22N4O2S/c1-21-14-19(20-15-21)26(24,25)23-11-9-22(10-12-23)13-17-7-4-6-16-5-2-3-8-18(16)17/h2-8,14-15H,9-13H2,1H3. The van der Waals surface area contributed by atoms with Crippen molar-refractivity contribution in [3.8, 4) is 0 Å². The number of imidazole rings is 1. The molecular formula is C19H22N4O2S. The molecule has 0 atom stereocenters. The van der Waals surface area contributed by atoms with Crippen LogP contribution in [0.5, 0.6) is 0 Å². The predicted molar refractivity (Wildman–Crippen MR) is 101 cm³/mol. The lowest BCUT2D eigenvalue weighted by atomic mass is 10.0. The zero-order valence-corrected chi connectivity index (χ0v) is 15.6. The van der Waals surface area contributed by atoms with E-state index in [1.54, 1.807) is 17.8 Å². The van der Waals surface area contributed by atoms with Gasteiger partial charge >= 0.3 is 0 Å². The molecule has 1 aliphatic rings. The minimum Gasteiger partial charge on any atom is -0.339 e. The van der Waals surface area contributed by atoms with Crippen LogP contribution < -0.4 is 0 Å². The number of nitrogens with zero attached hydrogens (tertiary/aromatic N) is 4. The van der Waals surface area contributed by atoms with Crippen LogP contribution in [-0.4, -0.2) is 53.4 Å². The summed E-state index contributed by atoms with van der Waals surface area (Å²) in [7, 11) is -1.73. The second-order valence-corrected chi connectivity index (χ2v) is 8.58. The lowest BCUT2D eigenvalue weighted by molar-refractivity contribution is 0.182. The number of rotatable bonds is 4. The highest BCUT2D eigenvalue weighted by Gasteiger charge is 2.30. The van der Waals surface area contributed by atoms with Gasteiger partial charge < -0.3 is 4.57 Å². The van der Waals surface area contributed by atoms with Crippen molar-refractivity contribution < 1.29 is 8.42 Å². The van der Waals surface area contributed by atoms with E-state index in [-0.39, 0.29) is 5.03 Å². The van der Waals surface area contributed by atoms with Crippen LogP contribution in [0.15, 0.2) is 60.0 Å². The Morgan fingerprint density at radius 2 is 1.73 bits per heavy atom. The first-order chi connectivity index (χ1) is 12.5. The molecule has 1 fully saturated rings. The third kappa shape index (κ3) is 3.25. The normalized spacial score (nSPS) is 17.0. The Kier molecular flexibility index (Phi) is 4.52. The highest BCUT2D eigenvalue weighted by Crippen LogP contribution is 2.21. The van der Waals surface area contributed by atoms with Gasteiger partial charge in [-0.25, -0.2) is 13.4 Å². The van der Waals surface area contributed by atoms with Gasteiger partial charge in [0, 0.05) is 46.0 Å². The van der Waals surface area contributed by atoms with Crippen LogP contribution >= 0.6 is 0 Å². The molecule has 0 bridgehead atoms. The predicted octanol–water partition coefficient (Wildman–Crippen LogP) is 2.08. The van der Waals surface area contributed by atoms with E-state index in [0.717, 1.165) is 19.6 Å². The molecule has 3 aromatic rings. The molecule has 2 aromatic carbocycles. The van der Waals surface area contributed by atoms with Crippen LogP contribution in [0.2, 0.25) is 0 Å². The van der Waals surface area contributed by atoms with Crippen molar-refractivity contribution in [1.82, 2.24) is 18.8 Å². The first-order valence-electron chi connectivity index (χ1n) is 8.71. The lowest BCUT2D eigenvalue weighted by Crippen LogP contribution is -2.48. The van der Waals surface area contributed by atoms with Crippen molar-refractivity contribution in [1.29, 1.82) is 0 Å². The van der Waals surface area contributed by atoms with E-state index in [2.05, 4.69) is 46.3 Å². The molecule has 6 nitrogen and oxygen atoms in total. The molecular weight excluding hydrogens is 348 g/mol. The molecule has 0 amide bonds. The van der Waals surface area contributed by atoms with Crippen molar-refractivity contribution >= 4 is 20.8 Å². The van der Waals surface area contributed by atoms with Gasteiger partial charge in [0.2, 0.25) is 0 Å². The summed E-state index contributed by atoms with van der Waals surface area (Å²) in [6, 6.07) is 14.7. The van der Waals surface area contributed by atoms with E-state index < -0.39 is 10.0 Å². The first-order valence-corrected chi connectivity index (χ1v) is 10.2. The second-order valence-electron chi connectivity index (χ2n) is 6.70. The van der Waals surface area contributed by atoms with Crippen LogP contribution in [0, 0.1) is 0 Å². The molecule has 0 saturated carbocycles. The van der Waals surface area contributed by atoms with Gasteiger partial charge in [0.1, 0.15) is 0 Å². The molecule has 26 heavy (non-hydrogen) atoms. The molecule has 0 spiro atoms. The summed E-state index contributed by atoms with van der Waals surface area (Å²) in [6.45, 7) is 3.25. The molecule has 0 N–H and O–H groups in total. The van der Waals surface area contributed by atoms with E-state index in [1.807, 2.05) is 6.07 Å². The Morgan fingerprint density at radius 3 is 2.46 bits per heavy atom.